The highest BCUT2D eigenvalue weighted by Gasteiger charge is 2.17. The van der Waals surface area contributed by atoms with E-state index in [-0.39, 0.29) is 17.2 Å². The average Bonchev–Trinajstić information content (AvgIpc) is 2.97. The Hall–Kier alpha value is -2.76. The Labute approximate surface area is 107 Å². The SMILES string of the molecule is Cc1c[nH]c2ccc(-c3cc(C(=O)O)no3)c(O)c12. The second kappa shape index (κ2) is 3.88. The van der Waals surface area contributed by atoms with E-state index in [1.807, 2.05) is 6.92 Å². The van der Waals surface area contributed by atoms with Gasteiger partial charge in [-0.15, -0.1) is 0 Å². The average molecular weight is 258 g/mol. The maximum atomic E-state index is 10.8. The normalized spacial score (nSPS) is 11.0. The number of carbonyl (C=O) groups is 1. The van der Waals surface area contributed by atoms with Crippen LogP contribution < -0.4 is 0 Å². The van der Waals surface area contributed by atoms with E-state index in [1.165, 1.54) is 6.07 Å². The molecule has 2 aromatic heterocycles. The zero-order valence-corrected chi connectivity index (χ0v) is 9.97. The number of aromatic nitrogens is 2. The van der Waals surface area contributed by atoms with Crippen LogP contribution in [0.25, 0.3) is 22.2 Å². The predicted molar refractivity (Wildman–Crippen MR) is 67.2 cm³/mol. The lowest BCUT2D eigenvalue weighted by Gasteiger charge is -2.02. The molecule has 2 heterocycles. The summed E-state index contributed by atoms with van der Waals surface area (Å²) in [5.41, 5.74) is 1.92. The Bertz CT molecular complexity index is 785. The Morgan fingerprint density at radius 1 is 1.42 bits per heavy atom. The molecule has 19 heavy (non-hydrogen) atoms. The molecular weight excluding hydrogens is 248 g/mol. The van der Waals surface area contributed by atoms with Gasteiger partial charge >= 0.3 is 5.97 Å². The van der Waals surface area contributed by atoms with Crippen LogP contribution in [0.2, 0.25) is 0 Å². The molecule has 0 bridgehead atoms. The Morgan fingerprint density at radius 2 is 2.21 bits per heavy atom. The first-order valence-corrected chi connectivity index (χ1v) is 5.58. The molecule has 0 aliphatic rings. The first-order valence-electron chi connectivity index (χ1n) is 5.58. The Morgan fingerprint density at radius 3 is 2.89 bits per heavy atom. The molecule has 0 radical (unpaired) electrons. The third kappa shape index (κ3) is 1.65. The van der Waals surface area contributed by atoms with Crippen LogP contribution in [0.5, 0.6) is 5.75 Å². The molecule has 1 aromatic carbocycles. The summed E-state index contributed by atoms with van der Waals surface area (Å²) in [5.74, 6) is -0.907. The van der Waals surface area contributed by atoms with Gasteiger partial charge in [-0.25, -0.2) is 4.79 Å². The number of aromatic carboxylic acids is 1. The molecule has 0 unspecified atom stereocenters. The monoisotopic (exact) mass is 258 g/mol. The van der Waals surface area contributed by atoms with E-state index in [9.17, 15) is 9.90 Å². The Kier molecular flexibility index (Phi) is 2.31. The van der Waals surface area contributed by atoms with Crippen molar-refractivity contribution < 1.29 is 19.5 Å². The van der Waals surface area contributed by atoms with Gasteiger partial charge in [0.15, 0.2) is 11.5 Å². The number of carboxylic acids is 1. The van der Waals surface area contributed by atoms with Crippen LogP contribution in [0.4, 0.5) is 0 Å². The van der Waals surface area contributed by atoms with Crippen molar-refractivity contribution in [1.29, 1.82) is 0 Å². The topological polar surface area (TPSA) is 99.4 Å². The number of aryl methyl sites for hydroxylation is 1. The predicted octanol–water partition coefficient (Wildman–Crippen LogP) is 2.54. The molecule has 0 spiro atoms. The van der Waals surface area contributed by atoms with Crippen molar-refractivity contribution in [3.8, 4) is 17.1 Å². The number of fused-ring (bicyclic) bond motifs is 1. The number of phenols is 1. The first kappa shape index (κ1) is 11.3. The number of carboxylic acid groups (broad SMARTS) is 1. The van der Waals surface area contributed by atoms with E-state index in [2.05, 4.69) is 10.1 Å². The summed E-state index contributed by atoms with van der Waals surface area (Å²) in [7, 11) is 0. The molecule has 96 valence electrons. The van der Waals surface area contributed by atoms with Crippen LogP contribution in [0, 0.1) is 6.92 Å². The van der Waals surface area contributed by atoms with E-state index in [4.69, 9.17) is 9.63 Å². The van der Waals surface area contributed by atoms with Crippen LogP contribution in [-0.4, -0.2) is 26.3 Å². The van der Waals surface area contributed by atoms with Gasteiger partial charge in [-0.2, -0.15) is 0 Å². The van der Waals surface area contributed by atoms with Crippen LogP contribution in [-0.2, 0) is 0 Å². The van der Waals surface area contributed by atoms with Gasteiger partial charge in [0.1, 0.15) is 5.75 Å². The smallest absolute Gasteiger partial charge is 0.358 e. The first-order chi connectivity index (χ1) is 9.08. The summed E-state index contributed by atoms with van der Waals surface area (Å²) in [6.45, 7) is 1.87. The highest BCUT2D eigenvalue weighted by atomic mass is 16.5. The van der Waals surface area contributed by atoms with Gasteiger partial charge in [0.2, 0.25) is 0 Å². The molecule has 0 saturated carbocycles. The molecule has 0 saturated heterocycles. The second-order valence-corrected chi connectivity index (χ2v) is 4.24. The number of aromatic amines is 1. The van der Waals surface area contributed by atoms with Gasteiger partial charge in [0.05, 0.1) is 5.56 Å². The fourth-order valence-corrected chi connectivity index (χ4v) is 2.07. The van der Waals surface area contributed by atoms with Crippen molar-refractivity contribution in [2.24, 2.45) is 0 Å². The lowest BCUT2D eigenvalue weighted by atomic mass is 10.1. The van der Waals surface area contributed by atoms with Gasteiger partial charge < -0.3 is 19.7 Å². The van der Waals surface area contributed by atoms with Gasteiger partial charge in [-0.3, -0.25) is 0 Å². The van der Waals surface area contributed by atoms with Gasteiger partial charge in [0.25, 0.3) is 0 Å². The maximum Gasteiger partial charge on any atom is 0.358 e. The van der Waals surface area contributed by atoms with E-state index < -0.39 is 5.97 Å². The summed E-state index contributed by atoms with van der Waals surface area (Å²) in [6, 6.07) is 4.73. The summed E-state index contributed by atoms with van der Waals surface area (Å²) < 4.78 is 4.96. The van der Waals surface area contributed by atoms with E-state index in [0.29, 0.717) is 10.9 Å². The van der Waals surface area contributed by atoms with E-state index in [1.54, 1.807) is 18.3 Å². The molecule has 3 N–H and O–H groups in total. The van der Waals surface area contributed by atoms with Crippen molar-refractivity contribution in [2.45, 2.75) is 6.92 Å². The van der Waals surface area contributed by atoms with Crippen LogP contribution in [0.1, 0.15) is 16.1 Å². The number of H-pyrrole nitrogens is 1. The number of hydrogen-bond donors (Lipinski definition) is 3. The quantitative estimate of drug-likeness (QED) is 0.656. The minimum atomic E-state index is -1.17. The summed E-state index contributed by atoms with van der Waals surface area (Å²) in [5, 5.41) is 23.2. The van der Waals surface area contributed by atoms with Crippen molar-refractivity contribution >= 4 is 16.9 Å². The second-order valence-electron chi connectivity index (χ2n) is 4.24. The third-order valence-corrected chi connectivity index (χ3v) is 3.01. The zero-order chi connectivity index (χ0) is 13.6. The number of hydrogen-bond acceptors (Lipinski definition) is 4. The zero-order valence-electron chi connectivity index (χ0n) is 9.97. The van der Waals surface area contributed by atoms with Crippen molar-refractivity contribution in [2.75, 3.05) is 0 Å². The fourth-order valence-electron chi connectivity index (χ4n) is 2.07. The van der Waals surface area contributed by atoms with Crippen molar-refractivity contribution in [3.63, 3.8) is 0 Å². The molecule has 6 heteroatoms. The molecule has 0 aliphatic carbocycles. The fraction of sp³-hybridized carbons (Fsp3) is 0.0769. The molecule has 3 aromatic rings. The lowest BCUT2D eigenvalue weighted by molar-refractivity contribution is 0.0686. The standard InChI is InChI=1S/C13H10N2O4/c1-6-5-14-8-3-2-7(12(16)11(6)8)10-4-9(13(17)18)15-19-10/h2-5,14,16H,1H3,(H,17,18). The van der Waals surface area contributed by atoms with Gasteiger partial charge in [0, 0.05) is 23.2 Å². The number of nitrogens with one attached hydrogen (secondary N) is 1. The minimum absolute atomic E-state index is 0.0457. The summed E-state index contributed by atoms with van der Waals surface area (Å²) in [6.07, 6.45) is 1.79. The Balaban J connectivity index is 2.21. The molecule has 0 aliphatic heterocycles. The number of aromatic hydroxyl groups is 1. The molecule has 6 nitrogen and oxygen atoms in total. The van der Waals surface area contributed by atoms with Crippen LogP contribution in [0.15, 0.2) is 28.9 Å². The molecule has 0 atom stereocenters. The number of rotatable bonds is 2. The summed E-state index contributed by atoms with van der Waals surface area (Å²) >= 11 is 0. The minimum Gasteiger partial charge on any atom is -0.506 e. The van der Waals surface area contributed by atoms with Crippen LogP contribution in [0.3, 0.4) is 0 Å². The van der Waals surface area contributed by atoms with Gasteiger partial charge in [-0.1, -0.05) is 5.16 Å². The van der Waals surface area contributed by atoms with Crippen molar-refractivity contribution in [1.82, 2.24) is 10.1 Å². The van der Waals surface area contributed by atoms with Crippen LogP contribution >= 0.6 is 0 Å². The highest BCUT2D eigenvalue weighted by Crippen LogP contribution is 2.37. The number of nitrogens with zero attached hydrogens (tertiary/aromatic N) is 1. The lowest BCUT2D eigenvalue weighted by Crippen LogP contribution is -1.94. The molecule has 0 fully saturated rings. The van der Waals surface area contributed by atoms with Crippen molar-refractivity contribution in [3.05, 3.63) is 35.7 Å². The molecular formula is C13H10N2O4. The molecule has 3 rings (SSSR count). The van der Waals surface area contributed by atoms with Gasteiger partial charge in [-0.05, 0) is 24.6 Å². The largest absolute Gasteiger partial charge is 0.506 e. The maximum absolute atomic E-state index is 10.8. The van der Waals surface area contributed by atoms with E-state index >= 15 is 0 Å². The highest BCUT2D eigenvalue weighted by molar-refractivity contribution is 5.95. The third-order valence-electron chi connectivity index (χ3n) is 3.01. The molecule has 0 amide bonds. The number of benzene rings is 1. The number of phenolic OH excluding ortho intramolecular Hbond substituents is 1. The van der Waals surface area contributed by atoms with E-state index in [0.717, 1.165) is 11.1 Å². The summed E-state index contributed by atoms with van der Waals surface area (Å²) in [4.78, 5) is 13.8.